The highest BCUT2D eigenvalue weighted by Crippen LogP contribution is 2.46. The van der Waals surface area contributed by atoms with Crippen molar-refractivity contribution in [1.82, 2.24) is 0 Å². The minimum atomic E-state index is -0.362. The second-order valence-electron chi connectivity index (χ2n) is 3.29. The molecule has 0 N–H and O–H groups in total. The van der Waals surface area contributed by atoms with Crippen LogP contribution >= 0.6 is 0 Å². The molecule has 2 bridgehead atoms. The Labute approximate surface area is 72.3 Å². The molecule has 0 amide bonds. The standard InChI is InChI=1S/C9H14O3/c1-4-9-6(2)12-7(5-11-9)8(9)10-3/h7-8H,2,4-5H2,1,3H3/t7-,8-,9-/m0/s1. The normalized spacial score (nSPS) is 45.0. The molecule has 3 nitrogen and oxygen atoms in total. The zero-order chi connectivity index (χ0) is 8.77. The maximum Gasteiger partial charge on any atom is 0.154 e. The van der Waals surface area contributed by atoms with Crippen LogP contribution in [0.2, 0.25) is 0 Å². The lowest BCUT2D eigenvalue weighted by molar-refractivity contribution is -0.0638. The van der Waals surface area contributed by atoms with Crippen molar-refractivity contribution in [3.63, 3.8) is 0 Å². The number of fused-ring (bicyclic) bond motifs is 2. The van der Waals surface area contributed by atoms with Gasteiger partial charge in [-0.1, -0.05) is 13.5 Å². The van der Waals surface area contributed by atoms with Gasteiger partial charge in [-0.15, -0.1) is 0 Å². The first-order valence-electron chi connectivity index (χ1n) is 4.27. The van der Waals surface area contributed by atoms with E-state index in [0.29, 0.717) is 6.61 Å². The molecule has 2 aliphatic rings. The molecule has 3 atom stereocenters. The minimum absolute atomic E-state index is 0.0370. The topological polar surface area (TPSA) is 27.7 Å². The molecule has 2 fully saturated rings. The van der Waals surface area contributed by atoms with Gasteiger partial charge < -0.3 is 14.2 Å². The van der Waals surface area contributed by atoms with E-state index < -0.39 is 0 Å². The molecule has 0 aromatic rings. The molecule has 2 saturated heterocycles. The van der Waals surface area contributed by atoms with Gasteiger partial charge in [-0.25, -0.2) is 0 Å². The monoisotopic (exact) mass is 170 g/mol. The Bertz CT molecular complexity index is 214. The third-order valence-electron chi connectivity index (χ3n) is 2.85. The molecule has 2 aliphatic heterocycles. The molecule has 0 unspecified atom stereocenters. The minimum Gasteiger partial charge on any atom is -0.487 e. The summed E-state index contributed by atoms with van der Waals surface area (Å²) in [4.78, 5) is 0. The predicted molar refractivity (Wildman–Crippen MR) is 43.8 cm³/mol. The molecule has 0 spiro atoms. The van der Waals surface area contributed by atoms with E-state index in [1.165, 1.54) is 0 Å². The summed E-state index contributed by atoms with van der Waals surface area (Å²) >= 11 is 0. The quantitative estimate of drug-likeness (QED) is 0.621. The number of hydrogen-bond donors (Lipinski definition) is 0. The van der Waals surface area contributed by atoms with E-state index in [-0.39, 0.29) is 17.8 Å². The van der Waals surface area contributed by atoms with Crippen LogP contribution < -0.4 is 0 Å². The number of methoxy groups -OCH3 is 1. The fourth-order valence-electron chi connectivity index (χ4n) is 2.16. The zero-order valence-corrected chi connectivity index (χ0v) is 7.50. The molecule has 0 radical (unpaired) electrons. The van der Waals surface area contributed by atoms with E-state index in [4.69, 9.17) is 14.2 Å². The van der Waals surface area contributed by atoms with Crippen molar-refractivity contribution in [2.45, 2.75) is 31.2 Å². The Balaban J connectivity index is 2.32. The van der Waals surface area contributed by atoms with Gasteiger partial charge in [0.25, 0.3) is 0 Å². The summed E-state index contributed by atoms with van der Waals surface area (Å²) in [6.07, 6.45) is 0.957. The van der Waals surface area contributed by atoms with Crippen molar-refractivity contribution in [2.75, 3.05) is 13.7 Å². The molecule has 0 aliphatic carbocycles. The molecule has 68 valence electrons. The fourth-order valence-corrected chi connectivity index (χ4v) is 2.16. The van der Waals surface area contributed by atoms with E-state index in [1.54, 1.807) is 7.11 Å². The lowest BCUT2D eigenvalue weighted by atomic mass is 9.94. The SMILES string of the molecule is C=C1O[C@H]2CO[C@]1(CC)[C@H]2OC. The first-order chi connectivity index (χ1) is 5.74. The lowest BCUT2D eigenvalue weighted by Crippen LogP contribution is -2.38. The van der Waals surface area contributed by atoms with Crippen molar-refractivity contribution in [2.24, 2.45) is 0 Å². The summed E-state index contributed by atoms with van der Waals surface area (Å²) in [7, 11) is 1.69. The van der Waals surface area contributed by atoms with Crippen LogP contribution in [0.1, 0.15) is 13.3 Å². The Kier molecular flexibility index (Phi) is 1.66. The van der Waals surface area contributed by atoms with E-state index in [9.17, 15) is 0 Å². The first-order valence-corrected chi connectivity index (χ1v) is 4.27. The molecule has 2 rings (SSSR count). The van der Waals surface area contributed by atoms with Crippen molar-refractivity contribution in [1.29, 1.82) is 0 Å². The Morgan fingerprint density at radius 3 is 2.92 bits per heavy atom. The van der Waals surface area contributed by atoms with Crippen molar-refractivity contribution >= 4 is 0 Å². The average molecular weight is 170 g/mol. The third-order valence-corrected chi connectivity index (χ3v) is 2.85. The molecule has 2 heterocycles. The summed E-state index contributed by atoms with van der Waals surface area (Å²) in [6, 6.07) is 0. The van der Waals surface area contributed by atoms with Gasteiger partial charge in [-0.3, -0.25) is 0 Å². The van der Waals surface area contributed by atoms with Gasteiger partial charge >= 0.3 is 0 Å². The number of hydrogen-bond acceptors (Lipinski definition) is 3. The number of rotatable bonds is 2. The fraction of sp³-hybridized carbons (Fsp3) is 0.778. The van der Waals surface area contributed by atoms with Crippen LogP contribution in [0.15, 0.2) is 12.3 Å². The van der Waals surface area contributed by atoms with Gasteiger partial charge in [0, 0.05) is 7.11 Å². The molecular weight excluding hydrogens is 156 g/mol. The highest BCUT2D eigenvalue weighted by Gasteiger charge is 2.59. The van der Waals surface area contributed by atoms with Gasteiger partial charge in [0.05, 0.1) is 6.61 Å². The third kappa shape index (κ3) is 0.730. The molecular formula is C9H14O3. The van der Waals surface area contributed by atoms with Gasteiger partial charge in [-0.05, 0) is 6.42 Å². The van der Waals surface area contributed by atoms with Gasteiger partial charge in [0.15, 0.2) is 11.7 Å². The van der Waals surface area contributed by atoms with E-state index in [2.05, 4.69) is 13.5 Å². The van der Waals surface area contributed by atoms with E-state index in [0.717, 1.165) is 12.2 Å². The van der Waals surface area contributed by atoms with Crippen molar-refractivity contribution < 1.29 is 14.2 Å². The Morgan fingerprint density at radius 1 is 1.75 bits per heavy atom. The summed E-state index contributed by atoms with van der Waals surface area (Å²) < 4.78 is 16.5. The maximum atomic E-state index is 5.65. The molecule has 0 saturated carbocycles. The van der Waals surface area contributed by atoms with Crippen LogP contribution in [0.25, 0.3) is 0 Å². The average Bonchev–Trinajstić information content (AvgIpc) is 2.55. The summed E-state index contributed by atoms with van der Waals surface area (Å²) in [5.41, 5.74) is -0.362. The summed E-state index contributed by atoms with van der Waals surface area (Å²) in [5, 5.41) is 0. The molecule has 0 aromatic heterocycles. The highest BCUT2D eigenvalue weighted by molar-refractivity contribution is 5.21. The van der Waals surface area contributed by atoms with Crippen LogP contribution in [0.5, 0.6) is 0 Å². The Hall–Kier alpha value is -0.540. The Morgan fingerprint density at radius 2 is 2.50 bits per heavy atom. The lowest BCUT2D eigenvalue weighted by Gasteiger charge is -2.27. The summed E-state index contributed by atoms with van der Waals surface area (Å²) in [6.45, 7) is 6.54. The van der Waals surface area contributed by atoms with Crippen molar-refractivity contribution in [3.05, 3.63) is 12.3 Å². The van der Waals surface area contributed by atoms with Gasteiger partial charge in [-0.2, -0.15) is 0 Å². The maximum absolute atomic E-state index is 5.65. The van der Waals surface area contributed by atoms with Crippen LogP contribution in [0.4, 0.5) is 0 Å². The van der Waals surface area contributed by atoms with Crippen LogP contribution in [-0.4, -0.2) is 31.5 Å². The second-order valence-corrected chi connectivity index (χ2v) is 3.29. The van der Waals surface area contributed by atoms with Crippen LogP contribution in [-0.2, 0) is 14.2 Å². The largest absolute Gasteiger partial charge is 0.487 e. The van der Waals surface area contributed by atoms with Gasteiger partial charge in [0.1, 0.15) is 11.9 Å². The van der Waals surface area contributed by atoms with Crippen LogP contribution in [0, 0.1) is 0 Å². The number of ether oxygens (including phenoxy) is 3. The molecule has 0 aromatic carbocycles. The van der Waals surface area contributed by atoms with E-state index in [1.807, 2.05) is 0 Å². The van der Waals surface area contributed by atoms with Crippen molar-refractivity contribution in [3.8, 4) is 0 Å². The smallest absolute Gasteiger partial charge is 0.154 e. The first kappa shape index (κ1) is 8.08. The highest BCUT2D eigenvalue weighted by atomic mass is 16.7. The second kappa shape index (κ2) is 2.47. The molecule has 3 heteroatoms. The molecule has 12 heavy (non-hydrogen) atoms. The summed E-state index contributed by atoms with van der Waals surface area (Å²) in [5.74, 6) is 0.730. The predicted octanol–water partition coefficient (Wildman–Crippen LogP) is 1.09. The zero-order valence-electron chi connectivity index (χ0n) is 7.50. The van der Waals surface area contributed by atoms with Crippen LogP contribution in [0.3, 0.4) is 0 Å². The van der Waals surface area contributed by atoms with Gasteiger partial charge in [0.2, 0.25) is 0 Å². The van der Waals surface area contributed by atoms with E-state index >= 15 is 0 Å².